The van der Waals surface area contributed by atoms with Crippen LogP contribution in [0.1, 0.15) is 116 Å². The van der Waals surface area contributed by atoms with E-state index in [9.17, 15) is 14.4 Å². The Hall–Kier alpha value is -2.60. The van der Waals surface area contributed by atoms with Gasteiger partial charge in [0, 0.05) is 32.1 Å². The maximum Gasteiger partial charge on any atom is 0.313 e. The molecule has 32 heavy (non-hydrogen) atoms. The largest absolute Gasteiger partial charge is 0.412 e. The summed E-state index contributed by atoms with van der Waals surface area (Å²) in [5.41, 5.74) is 0. The first-order valence-electron chi connectivity index (χ1n) is 11.9. The Labute approximate surface area is 193 Å². The van der Waals surface area contributed by atoms with Crippen molar-refractivity contribution in [1.82, 2.24) is 0 Å². The summed E-state index contributed by atoms with van der Waals surface area (Å²) in [7, 11) is 0. The van der Waals surface area contributed by atoms with Gasteiger partial charge in [0.1, 0.15) is 0 Å². The molecular weight excluding hydrogens is 406 g/mol. The summed E-state index contributed by atoms with van der Waals surface area (Å²) in [5.74, 6) is 3.23. The fraction of sp³-hybridized carbons (Fsp3) is 0.692. The fourth-order valence-electron chi connectivity index (χ4n) is 3.09. The minimum atomic E-state index is -0.699. The normalized spacial score (nSPS) is 10.1. The molecule has 0 aliphatic rings. The molecule has 0 atom stereocenters. The molecule has 0 fully saturated rings. The molecule has 0 radical (unpaired) electrons. The summed E-state index contributed by atoms with van der Waals surface area (Å²) < 4.78 is 9.66. The van der Waals surface area contributed by atoms with Crippen LogP contribution in [-0.4, -0.2) is 23.8 Å². The van der Waals surface area contributed by atoms with Gasteiger partial charge in [-0.2, -0.15) is 0 Å². The van der Waals surface area contributed by atoms with E-state index < -0.39 is 17.9 Å². The monoisotopic (exact) mass is 445 g/mol. The smallest absolute Gasteiger partial charge is 0.313 e. The molecule has 6 nitrogen and oxygen atoms in total. The van der Waals surface area contributed by atoms with Gasteiger partial charge in [-0.25, -0.2) is 0 Å². The Kier molecular flexibility index (Phi) is 19.9. The fourth-order valence-corrected chi connectivity index (χ4v) is 3.09. The molecule has 6 heteroatoms. The molecular formula is C26H39NO5. The predicted molar refractivity (Wildman–Crippen MR) is 126 cm³/mol. The van der Waals surface area contributed by atoms with Crippen molar-refractivity contribution in [3.05, 3.63) is 0 Å². The van der Waals surface area contributed by atoms with E-state index in [-0.39, 0.29) is 31.6 Å². The first-order valence-corrected chi connectivity index (χ1v) is 11.9. The molecule has 0 aromatic heterocycles. The van der Waals surface area contributed by atoms with Gasteiger partial charge in [-0.3, -0.25) is 19.8 Å². The van der Waals surface area contributed by atoms with Crippen molar-refractivity contribution < 1.29 is 23.9 Å². The summed E-state index contributed by atoms with van der Waals surface area (Å²) in [6.45, 7) is 0. The second-order valence-electron chi connectivity index (χ2n) is 7.89. The lowest BCUT2D eigenvalue weighted by molar-refractivity contribution is -0.159. The van der Waals surface area contributed by atoms with E-state index >= 15 is 0 Å². The lowest BCUT2D eigenvalue weighted by Crippen LogP contribution is -2.16. The van der Waals surface area contributed by atoms with Crippen LogP contribution < -0.4 is 0 Å². The molecule has 0 bridgehead atoms. The molecule has 0 rings (SSSR count). The summed E-state index contributed by atoms with van der Waals surface area (Å²) in [6.07, 6.45) is 24.0. The van der Waals surface area contributed by atoms with E-state index in [2.05, 4.69) is 11.8 Å². The molecule has 0 aliphatic carbocycles. The number of hydrogen-bond donors (Lipinski definition) is 1. The van der Waals surface area contributed by atoms with Crippen LogP contribution in [0.15, 0.2) is 0 Å². The van der Waals surface area contributed by atoms with Crippen LogP contribution >= 0.6 is 0 Å². The SMILES string of the molecule is C#CCCCCCCCCC(=O)OC(=N)CCC(=O)OC(=O)CCCCCCCCC#C. The Balaban J connectivity index is 3.66. The average molecular weight is 446 g/mol. The lowest BCUT2D eigenvalue weighted by Gasteiger charge is -2.06. The Morgan fingerprint density at radius 3 is 1.38 bits per heavy atom. The van der Waals surface area contributed by atoms with Gasteiger partial charge >= 0.3 is 17.9 Å². The summed E-state index contributed by atoms with van der Waals surface area (Å²) in [5, 5.41) is 7.66. The Morgan fingerprint density at radius 1 is 0.531 bits per heavy atom. The molecule has 0 saturated heterocycles. The number of carbonyl (C=O) groups excluding carboxylic acids is 3. The van der Waals surface area contributed by atoms with Crippen molar-refractivity contribution in [3.63, 3.8) is 0 Å². The highest BCUT2D eigenvalue weighted by molar-refractivity contribution is 5.90. The van der Waals surface area contributed by atoms with Crippen molar-refractivity contribution in [3.8, 4) is 24.7 Å². The number of terminal acetylenes is 2. The van der Waals surface area contributed by atoms with Crippen LogP contribution in [0.2, 0.25) is 0 Å². The molecule has 178 valence electrons. The lowest BCUT2D eigenvalue weighted by atomic mass is 10.1. The van der Waals surface area contributed by atoms with Gasteiger partial charge in [-0.05, 0) is 25.7 Å². The summed E-state index contributed by atoms with van der Waals surface area (Å²) >= 11 is 0. The average Bonchev–Trinajstić information content (AvgIpc) is 2.76. The Bertz CT molecular complexity index is 586. The number of unbranched alkanes of at least 4 members (excludes halogenated alkanes) is 12. The highest BCUT2D eigenvalue weighted by Crippen LogP contribution is 2.10. The van der Waals surface area contributed by atoms with E-state index in [0.717, 1.165) is 77.0 Å². The maximum absolute atomic E-state index is 11.7. The van der Waals surface area contributed by atoms with Crippen molar-refractivity contribution >= 4 is 23.8 Å². The quantitative estimate of drug-likeness (QED) is 0.0670. The highest BCUT2D eigenvalue weighted by Gasteiger charge is 2.13. The zero-order valence-corrected chi connectivity index (χ0v) is 19.4. The highest BCUT2D eigenvalue weighted by atomic mass is 16.6. The molecule has 0 unspecified atom stereocenters. The van der Waals surface area contributed by atoms with Crippen LogP contribution in [0, 0.1) is 30.1 Å². The molecule has 0 aromatic rings. The second kappa shape index (κ2) is 21.6. The van der Waals surface area contributed by atoms with Crippen molar-refractivity contribution in [2.45, 2.75) is 116 Å². The van der Waals surface area contributed by atoms with E-state index in [1.54, 1.807) is 0 Å². The first kappa shape index (κ1) is 29.4. The topological polar surface area (TPSA) is 93.5 Å². The van der Waals surface area contributed by atoms with Crippen LogP contribution in [0.4, 0.5) is 0 Å². The summed E-state index contributed by atoms with van der Waals surface area (Å²) in [4.78, 5) is 35.1. The number of nitrogens with one attached hydrogen (secondary N) is 1. The molecule has 0 aromatic carbocycles. The van der Waals surface area contributed by atoms with E-state index in [0.29, 0.717) is 12.8 Å². The zero-order valence-electron chi connectivity index (χ0n) is 19.4. The number of rotatable bonds is 19. The number of carbonyl (C=O) groups is 3. The van der Waals surface area contributed by atoms with Gasteiger partial charge in [0.2, 0.25) is 0 Å². The molecule has 0 spiro atoms. The third-order valence-electron chi connectivity index (χ3n) is 4.92. The van der Waals surface area contributed by atoms with E-state index in [1.165, 1.54) is 0 Å². The van der Waals surface area contributed by atoms with Crippen molar-refractivity contribution in [1.29, 1.82) is 5.41 Å². The van der Waals surface area contributed by atoms with Crippen LogP contribution in [0.25, 0.3) is 0 Å². The Morgan fingerprint density at radius 2 is 0.906 bits per heavy atom. The molecule has 0 saturated carbocycles. The number of hydrogen-bond acceptors (Lipinski definition) is 6. The van der Waals surface area contributed by atoms with E-state index in [4.69, 9.17) is 27.7 Å². The molecule has 0 heterocycles. The number of ether oxygens (including phenoxy) is 2. The van der Waals surface area contributed by atoms with Gasteiger partial charge < -0.3 is 9.47 Å². The van der Waals surface area contributed by atoms with E-state index in [1.807, 2.05) is 0 Å². The minimum Gasteiger partial charge on any atom is -0.412 e. The predicted octanol–water partition coefficient (Wildman–Crippen LogP) is 5.86. The molecule has 0 amide bonds. The maximum atomic E-state index is 11.7. The van der Waals surface area contributed by atoms with Gasteiger partial charge in [0.15, 0.2) is 5.90 Å². The summed E-state index contributed by atoms with van der Waals surface area (Å²) in [6, 6.07) is 0. The van der Waals surface area contributed by atoms with Crippen molar-refractivity contribution in [2.75, 3.05) is 0 Å². The van der Waals surface area contributed by atoms with Crippen LogP contribution in [0.5, 0.6) is 0 Å². The van der Waals surface area contributed by atoms with Gasteiger partial charge in [0.25, 0.3) is 0 Å². The number of esters is 3. The first-order chi connectivity index (χ1) is 15.5. The second-order valence-corrected chi connectivity index (χ2v) is 7.89. The minimum absolute atomic E-state index is 0.0648. The van der Waals surface area contributed by atoms with Crippen LogP contribution in [0.3, 0.4) is 0 Å². The van der Waals surface area contributed by atoms with Gasteiger partial charge in [0.05, 0.1) is 6.42 Å². The zero-order chi connectivity index (χ0) is 23.9. The van der Waals surface area contributed by atoms with Gasteiger partial charge in [-0.1, -0.05) is 51.4 Å². The molecule has 1 N–H and O–H groups in total. The third-order valence-corrected chi connectivity index (χ3v) is 4.92. The van der Waals surface area contributed by atoms with Crippen molar-refractivity contribution in [2.24, 2.45) is 0 Å². The molecule has 0 aliphatic heterocycles. The standard InChI is InChI=1S/C26H39NO5/c1-3-5-7-9-11-13-15-17-19-24(28)31-23(27)21-22-26(30)32-25(29)20-18-16-14-12-10-8-6-4-2/h1-2,27H,5-22H2. The van der Waals surface area contributed by atoms with Crippen LogP contribution in [-0.2, 0) is 23.9 Å². The van der Waals surface area contributed by atoms with Gasteiger partial charge in [-0.15, -0.1) is 24.7 Å². The third kappa shape index (κ3) is 20.7.